The van der Waals surface area contributed by atoms with E-state index in [0.717, 1.165) is 26.6 Å². The highest BCUT2D eigenvalue weighted by molar-refractivity contribution is 9.10. The molecule has 0 fully saturated rings. The van der Waals surface area contributed by atoms with Gasteiger partial charge in [-0.1, -0.05) is 34.1 Å². The molecule has 4 aromatic rings. The molecule has 26 heavy (non-hydrogen) atoms. The minimum atomic E-state index is -0.178. The van der Waals surface area contributed by atoms with Crippen molar-refractivity contribution in [3.63, 3.8) is 0 Å². The zero-order valence-electron chi connectivity index (χ0n) is 14.7. The van der Waals surface area contributed by atoms with Crippen LogP contribution in [0.2, 0.25) is 0 Å². The molecule has 2 aromatic heterocycles. The molecule has 0 aliphatic heterocycles. The van der Waals surface area contributed by atoms with E-state index in [-0.39, 0.29) is 5.56 Å². The van der Waals surface area contributed by atoms with E-state index in [1.807, 2.05) is 38.2 Å². The summed E-state index contributed by atoms with van der Waals surface area (Å²) in [4.78, 5) is 17.4. The van der Waals surface area contributed by atoms with Crippen LogP contribution in [0.1, 0.15) is 17.1 Å². The molecule has 0 saturated carbocycles. The Morgan fingerprint density at radius 3 is 2.69 bits per heavy atom. The average molecular weight is 409 g/mol. The number of hydrogen-bond donors (Lipinski definition) is 0. The Balaban J connectivity index is 1.91. The minimum Gasteiger partial charge on any atom is -0.347 e. The van der Waals surface area contributed by atoms with Gasteiger partial charge in [0, 0.05) is 33.7 Å². The van der Waals surface area contributed by atoms with E-state index in [9.17, 15) is 4.79 Å². The molecular weight excluding hydrogens is 392 g/mol. The number of rotatable bonds is 2. The van der Waals surface area contributed by atoms with Gasteiger partial charge in [-0.05, 0) is 38.1 Å². The number of para-hydroxylation sites is 1. The molecular formula is C20H17BrN4O. The third-order valence-electron chi connectivity index (χ3n) is 4.72. The summed E-state index contributed by atoms with van der Waals surface area (Å²) in [5.74, 6) is 0.555. The van der Waals surface area contributed by atoms with Crippen LogP contribution in [-0.2, 0) is 7.05 Å². The normalized spacial score (nSPS) is 11.8. The van der Waals surface area contributed by atoms with Crippen molar-refractivity contribution in [1.82, 2.24) is 14.2 Å². The molecule has 0 saturated heterocycles. The molecule has 0 unspecified atom stereocenters. The molecule has 5 nitrogen and oxygen atoms in total. The number of aryl methyl sites for hydroxylation is 2. The molecule has 0 spiro atoms. The fourth-order valence-corrected chi connectivity index (χ4v) is 3.59. The van der Waals surface area contributed by atoms with Gasteiger partial charge in [-0.2, -0.15) is 9.78 Å². The van der Waals surface area contributed by atoms with Crippen LogP contribution in [0.5, 0.6) is 0 Å². The van der Waals surface area contributed by atoms with Crippen LogP contribution < -0.4 is 5.56 Å². The summed E-state index contributed by atoms with van der Waals surface area (Å²) in [6.07, 6.45) is 1.75. The van der Waals surface area contributed by atoms with Crippen LogP contribution in [0.25, 0.3) is 21.8 Å². The van der Waals surface area contributed by atoms with Crippen molar-refractivity contribution >= 4 is 44.0 Å². The number of benzene rings is 2. The van der Waals surface area contributed by atoms with E-state index in [1.54, 1.807) is 19.2 Å². The maximum atomic E-state index is 12.9. The maximum absolute atomic E-state index is 12.9. The van der Waals surface area contributed by atoms with Crippen LogP contribution in [-0.4, -0.2) is 20.4 Å². The summed E-state index contributed by atoms with van der Waals surface area (Å²) in [7, 11) is 2.03. The van der Waals surface area contributed by atoms with E-state index in [0.29, 0.717) is 16.7 Å². The molecule has 0 bridgehead atoms. The van der Waals surface area contributed by atoms with E-state index in [1.165, 1.54) is 4.68 Å². The monoisotopic (exact) mass is 408 g/mol. The van der Waals surface area contributed by atoms with Crippen molar-refractivity contribution in [2.75, 3.05) is 0 Å². The van der Waals surface area contributed by atoms with Crippen LogP contribution in [0.15, 0.2) is 56.8 Å². The highest BCUT2D eigenvalue weighted by Gasteiger charge is 2.11. The zero-order chi connectivity index (χ0) is 18.4. The predicted molar refractivity (Wildman–Crippen MR) is 109 cm³/mol. The van der Waals surface area contributed by atoms with Crippen LogP contribution in [0, 0.1) is 13.8 Å². The molecule has 0 aliphatic rings. The van der Waals surface area contributed by atoms with Gasteiger partial charge >= 0.3 is 0 Å². The molecule has 6 heteroatoms. The summed E-state index contributed by atoms with van der Waals surface area (Å²) in [5, 5.41) is 6.12. The van der Waals surface area contributed by atoms with Crippen molar-refractivity contribution < 1.29 is 0 Å². The molecule has 0 aliphatic carbocycles. The Morgan fingerprint density at radius 1 is 1.12 bits per heavy atom. The molecule has 0 amide bonds. The Bertz CT molecular complexity index is 1250. The average Bonchev–Trinajstić information content (AvgIpc) is 2.87. The van der Waals surface area contributed by atoms with Crippen molar-refractivity contribution in [2.24, 2.45) is 12.1 Å². The summed E-state index contributed by atoms with van der Waals surface area (Å²) >= 11 is 3.41. The van der Waals surface area contributed by atoms with Gasteiger partial charge < -0.3 is 4.57 Å². The SMILES string of the molecule is Cc1nc2ccc(Br)cc2c(=O)n1N=Cc1c(C)n(C)c2ccccc12. The third-order valence-corrected chi connectivity index (χ3v) is 5.21. The Hall–Kier alpha value is -2.73. The first-order valence-corrected chi connectivity index (χ1v) is 9.04. The van der Waals surface area contributed by atoms with Gasteiger partial charge in [0.2, 0.25) is 0 Å². The second kappa shape index (κ2) is 6.21. The van der Waals surface area contributed by atoms with Crippen LogP contribution in [0.4, 0.5) is 0 Å². The molecule has 0 atom stereocenters. The second-order valence-electron chi connectivity index (χ2n) is 6.26. The first-order valence-electron chi connectivity index (χ1n) is 8.24. The number of hydrogen-bond acceptors (Lipinski definition) is 3. The van der Waals surface area contributed by atoms with E-state index < -0.39 is 0 Å². The lowest BCUT2D eigenvalue weighted by atomic mass is 10.1. The Labute approximate surface area is 158 Å². The number of nitrogens with zero attached hydrogens (tertiary/aromatic N) is 4. The van der Waals surface area contributed by atoms with Gasteiger partial charge in [-0.15, -0.1) is 0 Å². The topological polar surface area (TPSA) is 52.2 Å². The summed E-state index contributed by atoms with van der Waals surface area (Å²) in [5.41, 5.74) is 3.73. The standard InChI is InChI=1S/C20H17BrN4O/c1-12-17(15-6-4-5-7-19(15)24(12)3)11-22-25-13(2)23-18-9-8-14(21)10-16(18)20(25)26/h4-11H,1-3H3. The van der Waals surface area contributed by atoms with Gasteiger partial charge in [-0.3, -0.25) is 4.79 Å². The quantitative estimate of drug-likeness (QED) is 0.467. The second-order valence-corrected chi connectivity index (χ2v) is 7.17. The number of fused-ring (bicyclic) bond motifs is 2. The van der Waals surface area contributed by atoms with Gasteiger partial charge in [-0.25, -0.2) is 4.98 Å². The first-order chi connectivity index (χ1) is 12.5. The number of halogens is 1. The highest BCUT2D eigenvalue weighted by Crippen LogP contribution is 2.23. The van der Waals surface area contributed by atoms with Gasteiger partial charge in [0.15, 0.2) is 0 Å². The van der Waals surface area contributed by atoms with Crippen molar-refractivity contribution in [1.29, 1.82) is 0 Å². The molecule has 2 heterocycles. The van der Waals surface area contributed by atoms with Crippen LogP contribution in [0.3, 0.4) is 0 Å². The van der Waals surface area contributed by atoms with E-state index in [4.69, 9.17) is 0 Å². The van der Waals surface area contributed by atoms with Gasteiger partial charge in [0.25, 0.3) is 5.56 Å². The molecule has 4 rings (SSSR count). The molecule has 0 radical (unpaired) electrons. The fraction of sp³-hybridized carbons (Fsp3) is 0.150. The maximum Gasteiger partial charge on any atom is 0.282 e. The van der Waals surface area contributed by atoms with E-state index in [2.05, 4.69) is 42.7 Å². The number of aromatic nitrogens is 3. The molecule has 130 valence electrons. The summed E-state index contributed by atoms with van der Waals surface area (Å²) in [6.45, 7) is 3.84. The summed E-state index contributed by atoms with van der Waals surface area (Å²) < 4.78 is 4.33. The van der Waals surface area contributed by atoms with Crippen LogP contribution >= 0.6 is 15.9 Å². The van der Waals surface area contributed by atoms with Crippen molar-refractivity contribution in [3.8, 4) is 0 Å². The van der Waals surface area contributed by atoms with E-state index >= 15 is 0 Å². The highest BCUT2D eigenvalue weighted by atomic mass is 79.9. The first kappa shape index (κ1) is 16.7. The largest absolute Gasteiger partial charge is 0.347 e. The smallest absolute Gasteiger partial charge is 0.282 e. The summed E-state index contributed by atoms with van der Waals surface area (Å²) in [6, 6.07) is 13.6. The lowest BCUT2D eigenvalue weighted by Gasteiger charge is -2.05. The minimum absolute atomic E-state index is 0.178. The third kappa shape index (κ3) is 2.57. The fourth-order valence-electron chi connectivity index (χ4n) is 3.22. The van der Waals surface area contributed by atoms with Crippen molar-refractivity contribution in [3.05, 3.63) is 74.4 Å². The molecule has 2 aromatic carbocycles. The van der Waals surface area contributed by atoms with Gasteiger partial charge in [0.05, 0.1) is 17.1 Å². The van der Waals surface area contributed by atoms with Gasteiger partial charge in [0.1, 0.15) is 5.82 Å². The zero-order valence-corrected chi connectivity index (χ0v) is 16.3. The van der Waals surface area contributed by atoms with Crippen molar-refractivity contribution in [2.45, 2.75) is 13.8 Å². The Morgan fingerprint density at radius 2 is 1.88 bits per heavy atom. The lowest BCUT2D eigenvalue weighted by Crippen LogP contribution is -2.20. The molecule has 0 N–H and O–H groups in total. The lowest BCUT2D eigenvalue weighted by molar-refractivity contribution is 0.770. The Kier molecular flexibility index (Phi) is 4.00. The predicted octanol–water partition coefficient (Wildman–Crippen LogP) is 4.15.